The predicted octanol–water partition coefficient (Wildman–Crippen LogP) is -1.80. The molecule has 3 aliphatic heterocycles. The first-order valence-corrected chi connectivity index (χ1v) is 14.3. The zero-order chi connectivity index (χ0) is 31.3. The summed E-state index contributed by atoms with van der Waals surface area (Å²) in [6.07, 6.45) is -13.0. The van der Waals surface area contributed by atoms with E-state index in [4.69, 9.17) is 28.4 Å². The quantitative estimate of drug-likeness (QED) is 0.121. The van der Waals surface area contributed by atoms with Crippen molar-refractivity contribution in [2.24, 2.45) is 0 Å². The summed E-state index contributed by atoms with van der Waals surface area (Å²) >= 11 is 0. The molecule has 42 heavy (non-hydrogen) atoms. The number of rotatable bonds is 11. The lowest BCUT2D eigenvalue weighted by Crippen LogP contribution is -2.63. The molecule has 14 heteroatoms. The average molecular weight is 609 g/mol. The molecular formula is C28H48O14. The van der Waals surface area contributed by atoms with Gasteiger partial charge in [-0.15, -0.1) is 0 Å². The summed E-state index contributed by atoms with van der Waals surface area (Å²) in [6, 6.07) is 0. The summed E-state index contributed by atoms with van der Waals surface area (Å²) in [5.74, 6) is 0. The van der Waals surface area contributed by atoms with E-state index in [-0.39, 0.29) is 13.2 Å². The number of aliphatic hydroxyl groups is 8. The lowest BCUT2D eigenvalue weighted by atomic mass is 9.97. The largest absolute Gasteiger partial charge is 0.388 e. The van der Waals surface area contributed by atoms with E-state index in [1.54, 1.807) is 13.8 Å². The Morgan fingerprint density at radius 1 is 0.571 bits per heavy atom. The first-order chi connectivity index (χ1) is 19.7. The second kappa shape index (κ2) is 15.8. The van der Waals surface area contributed by atoms with Crippen molar-refractivity contribution in [1.29, 1.82) is 0 Å². The van der Waals surface area contributed by atoms with Crippen LogP contribution < -0.4 is 0 Å². The van der Waals surface area contributed by atoms with Crippen molar-refractivity contribution in [2.45, 2.75) is 140 Å². The fourth-order valence-corrected chi connectivity index (χ4v) is 4.93. The molecule has 14 nitrogen and oxygen atoms in total. The Kier molecular flexibility index (Phi) is 13.3. The van der Waals surface area contributed by atoms with E-state index in [0.717, 1.165) is 11.1 Å². The monoisotopic (exact) mass is 608 g/mol. The van der Waals surface area contributed by atoms with E-state index < -0.39 is 92.1 Å². The van der Waals surface area contributed by atoms with E-state index in [1.807, 2.05) is 26.0 Å². The van der Waals surface area contributed by atoms with Crippen LogP contribution in [0.25, 0.3) is 0 Å². The highest BCUT2D eigenvalue weighted by Crippen LogP contribution is 2.29. The van der Waals surface area contributed by atoms with E-state index >= 15 is 0 Å². The third-order valence-corrected chi connectivity index (χ3v) is 7.89. The van der Waals surface area contributed by atoms with Gasteiger partial charge < -0.3 is 69.3 Å². The standard InChI is InChI=1S/C28H48O14/c1-12(7-6-8-13(2)11-38-26-22(34)20(32)17(29)14(3)39-26)9-10-37-27-24(36)25(19(31)16(5)40-27)42-28-23(35)21(33)18(30)15(4)41-28/h8-9,14-36H,6-7,10-11H2,1-5H3/b12-9+,13-8+/t14-,15-,16-,17-,18-,19-,20+,21+,22+,23+,24+,25+,26+,27+,28-/m0/s1. The normalized spacial score (nSPS) is 45.7. The Hall–Kier alpha value is -1.08. The molecule has 8 N–H and O–H groups in total. The molecule has 0 aromatic carbocycles. The maximum Gasteiger partial charge on any atom is 0.187 e. The van der Waals surface area contributed by atoms with Crippen molar-refractivity contribution in [1.82, 2.24) is 0 Å². The van der Waals surface area contributed by atoms with Crippen LogP contribution >= 0.6 is 0 Å². The van der Waals surface area contributed by atoms with E-state index in [9.17, 15) is 40.9 Å². The summed E-state index contributed by atoms with van der Waals surface area (Å²) < 4.78 is 33.4. The molecule has 0 aromatic heterocycles. The van der Waals surface area contributed by atoms with Gasteiger partial charge >= 0.3 is 0 Å². The highest BCUT2D eigenvalue weighted by Gasteiger charge is 2.49. The summed E-state index contributed by atoms with van der Waals surface area (Å²) in [4.78, 5) is 0. The first kappa shape index (κ1) is 35.4. The predicted molar refractivity (Wildman–Crippen MR) is 145 cm³/mol. The highest BCUT2D eigenvalue weighted by molar-refractivity contribution is 5.04. The Morgan fingerprint density at radius 2 is 1.07 bits per heavy atom. The molecule has 244 valence electrons. The van der Waals surface area contributed by atoms with Crippen molar-refractivity contribution >= 4 is 0 Å². The van der Waals surface area contributed by atoms with Gasteiger partial charge in [0.1, 0.15) is 54.9 Å². The van der Waals surface area contributed by atoms with E-state index in [0.29, 0.717) is 12.8 Å². The van der Waals surface area contributed by atoms with Gasteiger partial charge in [0.05, 0.1) is 31.5 Å². The van der Waals surface area contributed by atoms with Crippen molar-refractivity contribution in [3.05, 3.63) is 23.3 Å². The third-order valence-electron chi connectivity index (χ3n) is 7.89. The van der Waals surface area contributed by atoms with Crippen LogP contribution in [0.3, 0.4) is 0 Å². The SMILES string of the molecule is C/C(=C\CO[C@@H]1O[C@@H](C)[C@H](O)[C@@H](O[C@@H]2O[C@@H](C)[C@H](O)[C@@H](O)[C@H]2O)[C@H]1O)CC/C=C(\C)CO[C@@H]1O[C@@H](C)[C@H](O)[C@@H](O)[C@H]1O. The first-order valence-electron chi connectivity index (χ1n) is 14.3. The molecule has 0 unspecified atom stereocenters. The number of hydrogen-bond donors (Lipinski definition) is 8. The van der Waals surface area contributed by atoms with Crippen molar-refractivity contribution < 1.29 is 69.3 Å². The average Bonchev–Trinajstić information content (AvgIpc) is 2.95. The van der Waals surface area contributed by atoms with Gasteiger partial charge in [-0.05, 0) is 47.5 Å². The molecule has 0 aromatic rings. The molecule has 0 aliphatic carbocycles. The summed E-state index contributed by atoms with van der Waals surface area (Å²) in [5.41, 5.74) is 1.90. The molecule has 0 saturated carbocycles. The summed E-state index contributed by atoms with van der Waals surface area (Å²) in [7, 11) is 0. The van der Waals surface area contributed by atoms with Gasteiger partial charge in [0.25, 0.3) is 0 Å². The fraction of sp³-hybridized carbons (Fsp3) is 0.857. The molecule has 0 radical (unpaired) electrons. The van der Waals surface area contributed by atoms with Crippen molar-refractivity contribution in [3.63, 3.8) is 0 Å². The molecule has 3 aliphatic rings. The molecular weight excluding hydrogens is 560 g/mol. The van der Waals surface area contributed by atoms with E-state index in [1.165, 1.54) is 6.92 Å². The molecule has 3 fully saturated rings. The Balaban J connectivity index is 1.44. The number of ether oxygens (including phenoxy) is 6. The summed E-state index contributed by atoms with van der Waals surface area (Å²) in [5, 5.41) is 81.3. The Labute approximate surface area is 245 Å². The van der Waals surface area contributed by atoms with Crippen LogP contribution in [0.4, 0.5) is 0 Å². The number of allylic oxidation sites excluding steroid dienone is 2. The highest BCUT2D eigenvalue weighted by atomic mass is 16.7. The third kappa shape index (κ3) is 8.76. The Bertz CT molecular complexity index is 900. The van der Waals surface area contributed by atoms with Crippen LogP contribution in [-0.2, 0) is 28.4 Å². The lowest BCUT2D eigenvalue weighted by molar-refractivity contribution is -0.353. The smallest absolute Gasteiger partial charge is 0.187 e. The van der Waals surface area contributed by atoms with Gasteiger partial charge in [0.2, 0.25) is 0 Å². The van der Waals surface area contributed by atoms with Gasteiger partial charge in [-0.2, -0.15) is 0 Å². The van der Waals surface area contributed by atoms with Gasteiger partial charge in [-0.25, -0.2) is 0 Å². The van der Waals surface area contributed by atoms with Crippen LogP contribution in [0.2, 0.25) is 0 Å². The molecule has 3 rings (SSSR count). The van der Waals surface area contributed by atoms with E-state index in [2.05, 4.69) is 0 Å². The fourth-order valence-electron chi connectivity index (χ4n) is 4.93. The topological polar surface area (TPSA) is 217 Å². The zero-order valence-corrected chi connectivity index (χ0v) is 24.7. The Morgan fingerprint density at radius 3 is 1.67 bits per heavy atom. The van der Waals surface area contributed by atoms with Crippen LogP contribution in [0.15, 0.2) is 23.3 Å². The van der Waals surface area contributed by atoms with Crippen molar-refractivity contribution in [2.75, 3.05) is 13.2 Å². The molecule has 0 amide bonds. The van der Waals surface area contributed by atoms with Crippen LogP contribution in [-0.4, -0.2) is 146 Å². The minimum atomic E-state index is -1.60. The molecule has 0 bridgehead atoms. The van der Waals surface area contributed by atoms with Gasteiger partial charge in [-0.1, -0.05) is 23.3 Å². The number of hydrogen-bond acceptors (Lipinski definition) is 14. The molecule has 3 heterocycles. The molecule has 15 atom stereocenters. The van der Waals surface area contributed by atoms with Crippen LogP contribution in [0.1, 0.15) is 47.5 Å². The number of aliphatic hydroxyl groups excluding tert-OH is 8. The van der Waals surface area contributed by atoms with Crippen molar-refractivity contribution in [3.8, 4) is 0 Å². The minimum Gasteiger partial charge on any atom is -0.388 e. The maximum absolute atomic E-state index is 10.8. The zero-order valence-electron chi connectivity index (χ0n) is 24.7. The second-order valence-corrected chi connectivity index (χ2v) is 11.4. The molecule has 3 saturated heterocycles. The van der Waals surface area contributed by atoms with Gasteiger partial charge in [0, 0.05) is 0 Å². The second-order valence-electron chi connectivity index (χ2n) is 11.4. The lowest BCUT2D eigenvalue weighted by Gasteiger charge is -2.45. The van der Waals surface area contributed by atoms with Crippen LogP contribution in [0, 0.1) is 0 Å². The molecule has 0 spiro atoms. The maximum atomic E-state index is 10.8. The summed E-state index contributed by atoms with van der Waals surface area (Å²) in [6.45, 7) is 8.72. The van der Waals surface area contributed by atoms with Gasteiger partial charge in [0.15, 0.2) is 18.9 Å². The minimum absolute atomic E-state index is 0.0999. The van der Waals surface area contributed by atoms with Gasteiger partial charge in [-0.3, -0.25) is 0 Å². The van der Waals surface area contributed by atoms with Crippen LogP contribution in [0.5, 0.6) is 0 Å².